The third-order valence-electron chi connectivity index (χ3n) is 4.55. The van der Waals surface area contributed by atoms with Crippen LogP contribution in [0.5, 0.6) is 0 Å². The van der Waals surface area contributed by atoms with E-state index in [4.69, 9.17) is 40.5 Å². The third kappa shape index (κ3) is 7.23. The molecule has 0 atom stereocenters. The van der Waals surface area contributed by atoms with E-state index in [9.17, 15) is 0 Å². The zero-order chi connectivity index (χ0) is 19.9. The number of rotatable bonds is 7. The second-order valence-corrected chi connectivity index (χ2v) is 7.58. The predicted molar refractivity (Wildman–Crippen MR) is 114 cm³/mol. The van der Waals surface area contributed by atoms with Gasteiger partial charge in [-0.2, -0.15) is 0 Å². The van der Waals surface area contributed by atoms with Gasteiger partial charge in [0.05, 0.1) is 11.9 Å². The molecular formula is C19H22AuN4O3S2-2. The van der Waals surface area contributed by atoms with Gasteiger partial charge in [0.1, 0.15) is 6.61 Å². The summed E-state index contributed by atoms with van der Waals surface area (Å²) >= 11 is 10.3. The van der Waals surface area contributed by atoms with Crippen LogP contribution >= 0.6 is 0 Å². The first-order valence-corrected chi connectivity index (χ1v) is 9.80. The molecule has 0 saturated carbocycles. The molecule has 7 nitrogen and oxygen atoms in total. The van der Waals surface area contributed by atoms with Gasteiger partial charge in [0.15, 0.2) is 0 Å². The first-order valence-electron chi connectivity index (χ1n) is 8.86. The topological polar surface area (TPSA) is 71.8 Å². The van der Waals surface area contributed by atoms with E-state index < -0.39 is 0 Å². The van der Waals surface area contributed by atoms with Gasteiger partial charge in [-0.3, -0.25) is 10.4 Å². The predicted octanol–water partition coefficient (Wildman–Crippen LogP) is 2.32. The van der Waals surface area contributed by atoms with Crippen LogP contribution in [0.2, 0.25) is 0 Å². The van der Waals surface area contributed by atoms with Crippen molar-refractivity contribution < 1.29 is 37.6 Å². The molecule has 10 heteroatoms. The molecule has 0 amide bonds. The molecule has 0 unspecified atom stereocenters. The Bertz CT molecular complexity index is 768. The van der Waals surface area contributed by atoms with Crippen molar-refractivity contribution in [2.24, 2.45) is 5.16 Å². The van der Waals surface area contributed by atoms with Gasteiger partial charge >= 0.3 is 0 Å². The fraction of sp³-hybridized carbons (Fsp3) is 0.316. The molecular weight excluding hydrogens is 593 g/mol. The first kappa shape index (κ1) is 24.1. The van der Waals surface area contributed by atoms with E-state index in [2.05, 4.69) is 27.1 Å². The average Bonchev–Trinajstić information content (AvgIpc) is 2.72. The van der Waals surface area contributed by atoms with Crippen molar-refractivity contribution in [1.29, 1.82) is 0 Å². The van der Waals surface area contributed by atoms with E-state index in [0.29, 0.717) is 6.61 Å². The van der Waals surface area contributed by atoms with Crippen molar-refractivity contribution >= 4 is 42.8 Å². The maximum atomic E-state index is 8.91. The molecule has 161 valence electrons. The van der Waals surface area contributed by atoms with E-state index in [-0.39, 0.29) is 38.0 Å². The number of hydrogen-bond acceptors (Lipinski definition) is 9. The van der Waals surface area contributed by atoms with E-state index in [1.54, 1.807) is 30.5 Å². The molecule has 1 fully saturated rings. The smallest absolute Gasteiger partial charge is 0.142 e. The summed E-state index contributed by atoms with van der Waals surface area (Å²) in [5.41, 5.74) is 3.27. The van der Waals surface area contributed by atoms with Crippen LogP contribution in [0.4, 0.5) is 11.4 Å². The SMILES string of the molecule is ON(O)c1ccc(CO/N=C/c2ccc(N3CCN(C([S-])[S-])CC3)cc2)cc1.[Au]. The van der Waals surface area contributed by atoms with Gasteiger partial charge in [-0.25, -0.2) is 4.71 Å². The summed E-state index contributed by atoms with van der Waals surface area (Å²) in [4.78, 5) is 9.76. The third-order valence-corrected chi connectivity index (χ3v) is 5.14. The average molecular weight is 616 g/mol. The number of nitrogens with zero attached hydrogens (tertiary/aromatic N) is 4. The first-order chi connectivity index (χ1) is 13.5. The quantitative estimate of drug-likeness (QED) is 0.213. The summed E-state index contributed by atoms with van der Waals surface area (Å²) < 4.78 is -0.224. The number of oxime groups is 1. The van der Waals surface area contributed by atoms with Crippen LogP contribution in [-0.2, 0) is 59.1 Å². The fourth-order valence-electron chi connectivity index (χ4n) is 2.90. The Morgan fingerprint density at radius 2 is 1.62 bits per heavy atom. The summed E-state index contributed by atoms with van der Waals surface area (Å²) in [5, 5.41) is 21.9. The number of benzene rings is 2. The van der Waals surface area contributed by atoms with Gasteiger partial charge in [-0.15, -0.1) is 5.23 Å². The molecule has 0 aromatic heterocycles. The number of hydrogen-bond donors (Lipinski definition) is 2. The monoisotopic (exact) mass is 615 g/mol. The Kier molecular flexibility index (Phi) is 9.87. The zero-order valence-electron chi connectivity index (χ0n) is 15.5. The van der Waals surface area contributed by atoms with Crippen molar-refractivity contribution in [1.82, 2.24) is 4.90 Å². The minimum atomic E-state index is -0.224. The van der Waals surface area contributed by atoms with Crippen LogP contribution in [0, 0.1) is 0 Å². The molecule has 2 N–H and O–H groups in total. The Balaban J connectivity index is 0.00000300. The van der Waals surface area contributed by atoms with Crippen LogP contribution in [0.15, 0.2) is 53.7 Å². The molecule has 0 aliphatic carbocycles. The molecule has 1 radical (unpaired) electrons. The molecule has 0 spiro atoms. The van der Waals surface area contributed by atoms with Crippen molar-refractivity contribution in [3.05, 3.63) is 59.7 Å². The Morgan fingerprint density at radius 1 is 1.00 bits per heavy atom. The van der Waals surface area contributed by atoms with E-state index >= 15 is 0 Å². The van der Waals surface area contributed by atoms with Crippen LogP contribution in [0.3, 0.4) is 0 Å². The van der Waals surface area contributed by atoms with Gasteiger partial charge in [0, 0.05) is 54.2 Å². The Labute approximate surface area is 197 Å². The van der Waals surface area contributed by atoms with E-state index in [1.807, 2.05) is 12.1 Å². The van der Waals surface area contributed by atoms with Crippen molar-refractivity contribution in [3.8, 4) is 0 Å². The second kappa shape index (κ2) is 11.9. The van der Waals surface area contributed by atoms with Gasteiger partial charge in [0.2, 0.25) is 0 Å². The molecule has 2 aromatic carbocycles. The van der Waals surface area contributed by atoms with E-state index in [1.165, 1.54) is 5.69 Å². The van der Waals surface area contributed by atoms with Crippen LogP contribution < -0.4 is 10.1 Å². The maximum absolute atomic E-state index is 8.91. The number of anilines is 2. The molecule has 29 heavy (non-hydrogen) atoms. The molecule has 3 rings (SSSR count). The summed E-state index contributed by atoms with van der Waals surface area (Å²) in [6.45, 7) is 3.92. The molecule has 1 aliphatic rings. The van der Waals surface area contributed by atoms with Gasteiger partial charge in [0.25, 0.3) is 0 Å². The minimum Gasteiger partial charge on any atom is -0.800 e. The van der Waals surface area contributed by atoms with Gasteiger partial charge < -0.3 is 39.9 Å². The molecule has 2 aromatic rings. The molecule has 1 saturated heterocycles. The normalized spacial score (nSPS) is 14.9. The van der Waals surface area contributed by atoms with Gasteiger partial charge in [-0.1, -0.05) is 29.4 Å². The van der Waals surface area contributed by atoms with Crippen molar-refractivity contribution in [3.63, 3.8) is 0 Å². The van der Waals surface area contributed by atoms with E-state index in [0.717, 1.165) is 37.3 Å². The maximum Gasteiger partial charge on any atom is 0.142 e. The molecule has 1 heterocycles. The van der Waals surface area contributed by atoms with Gasteiger partial charge in [-0.05, 0) is 35.4 Å². The minimum absolute atomic E-state index is 0. The standard InChI is InChI=1S/C19H24N4O3S2.Au/c24-23(25)18-7-3-16(4-8-18)14-26-20-13-15-1-5-17(6-2-15)21-9-11-22(12-10-21)19(27)28;/h1-8,13,19,24-25,27-28H,9-12,14H2;/p-2/b20-13+;. The summed E-state index contributed by atoms with van der Waals surface area (Å²) in [6, 6.07) is 14.8. The Hall–Kier alpha value is -1.17. The second-order valence-electron chi connectivity index (χ2n) is 6.39. The fourth-order valence-corrected chi connectivity index (χ4v) is 3.32. The summed E-state index contributed by atoms with van der Waals surface area (Å²) in [6.07, 6.45) is 1.66. The summed E-state index contributed by atoms with van der Waals surface area (Å²) in [5.74, 6) is 0. The van der Waals surface area contributed by atoms with Crippen LogP contribution in [0.25, 0.3) is 0 Å². The van der Waals surface area contributed by atoms with Crippen molar-refractivity contribution in [2.45, 2.75) is 11.3 Å². The Morgan fingerprint density at radius 3 is 2.17 bits per heavy atom. The van der Waals surface area contributed by atoms with Crippen molar-refractivity contribution in [2.75, 3.05) is 36.3 Å². The molecule has 1 aliphatic heterocycles. The largest absolute Gasteiger partial charge is 0.800 e. The van der Waals surface area contributed by atoms with Crippen LogP contribution in [0.1, 0.15) is 11.1 Å². The molecule has 0 bridgehead atoms. The summed E-state index contributed by atoms with van der Waals surface area (Å²) in [7, 11) is 0. The number of piperazine rings is 1. The zero-order valence-corrected chi connectivity index (χ0v) is 19.3. The van der Waals surface area contributed by atoms with Crippen LogP contribution in [-0.4, -0.2) is 52.4 Å².